The highest BCUT2D eigenvalue weighted by Gasteiger charge is 2.42. The Balaban J connectivity index is 1.55. The number of nitrogens with zero attached hydrogens (tertiary/aromatic N) is 2. The molecule has 1 aromatic carbocycles. The van der Waals surface area contributed by atoms with Crippen molar-refractivity contribution in [3.63, 3.8) is 0 Å². The monoisotopic (exact) mass is 346 g/mol. The molecule has 140 valence electrons. The molecular formula is C21H34N2O2. The van der Waals surface area contributed by atoms with Crippen molar-refractivity contribution in [1.29, 1.82) is 0 Å². The number of hydrogen-bond acceptors (Lipinski definition) is 4. The predicted octanol–water partition coefficient (Wildman–Crippen LogP) is 3.34. The van der Waals surface area contributed by atoms with Gasteiger partial charge in [-0.2, -0.15) is 0 Å². The third-order valence-corrected chi connectivity index (χ3v) is 6.11. The Bertz CT molecular complexity index is 555. The van der Waals surface area contributed by atoms with Gasteiger partial charge in [-0.05, 0) is 64.8 Å². The van der Waals surface area contributed by atoms with Crippen molar-refractivity contribution in [2.75, 3.05) is 39.9 Å². The van der Waals surface area contributed by atoms with Gasteiger partial charge in [-0.1, -0.05) is 18.2 Å². The van der Waals surface area contributed by atoms with Gasteiger partial charge in [-0.3, -0.25) is 4.90 Å². The van der Waals surface area contributed by atoms with Gasteiger partial charge in [0.25, 0.3) is 0 Å². The van der Waals surface area contributed by atoms with E-state index in [0.29, 0.717) is 18.7 Å². The predicted molar refractivity (Wildman–Crippen MR) is 102 cm³/mol. The Kier molecular flexibility index (Phi) is 6.03. The molecule has 1 unspecified atom stereocenters. The number of benzene rings is 1. The maximum atomic E-state index is 6.14. The van der Waals surface area contributed by atoms with Crippen LogP contribution in [0.25, 0.3) is 0 Å². The standard InChI is InChI=1S/C21H34N2O2/c1-17(2)22-12-9-19(10-13-22)23-14-11-21(15-23,24-4)16-25-20-8-6-5-7-18(20)3/h5-8,17,19H,9-16H2,1-4H3. The van der Waals surface area contributed by atoms with Crippen LogP contribution in [0.3, 0.4) is 0 Å². The third-order valence-electron chi connectivity index (χ3n) is 6.11. The van der Waals surface area contributed by atoms with Gasteiger partial charge in [0.15, 0.2) is 0 Å². The lowest BCUT2D eigenvalue weighted by molar-refractivity contribution is -0.0401. The van der Waals surface area contributed by atoms with Crippen molar-refractivity contribution in [1.82, 2.24) is 9.80 Å². The molecule has 0 saturated carbocycles. The van der Waals surface area contributed by atoms with E-state index in [1.165, 1.54) is 31.5 Å². The number of para-hydroxylation sites is 1. The van der Waals surface area contributed by atoms with E-state index < -0.39 is 0 Å². The zero-order chi connectivity index (χ0) is 17.9. The van der Waals surface area contributed by atoms with E-state index in [1.807, 2.05) is 19.2 Å². The molecule has 4 heteroatoms. The first-order chi connectivity index (χ1) is 12.0. The van der Waals surface area contributed by atoms with E-state index in [0.717, 1.165) is 25.3 Å². The zero-order valence-corrected chi connectivity index (χ0v) is 16.3. The number of methoxy groups -OCH3 is 1. The van der Waals surface area contributed by atoms with E-state index >= 15 is 0 Å². The van der Waals surface area contributed by atoms with Gasteiger partial charge in [0.1, 0.15) is 18.0 Å². The number of ether oxygens (including phenoxy) is 2. The van der Waals surface area contributed by atoms with Crippen LogP contribution in [0, 0.1) is 6.92 Å². The normalized spacial score (nSPS) is 26.4. The number of piperidine rings is 1. The average Bonchev–Trinajstić information content (AvgIpc) is 3.06. The summed E-state index contributed by atoms with van der Waals surface area (Å²) in [4.78, 5) is 5.24. The molecule has 0 aromatic heterocycles. The lowest BCUT2D eigenvalue weighted by Crippen LogP contribution is -2.48. The van der Waals surface area contributed by atoms with Crippen LogP contribution in [-0.2, 0) is 4.74 Å². The van der Waals surface area contributed by atoms with Crippen LogP contribution in [0.4, 0.5) is 0 Å². The van der Waals surface area contributed by atoms with E-state index in [4.69, 9.17) is 9.47 Å². The van der Waals surface area contributed by atoms with Crippen LogP contribution < -0.4 is 4.74 Å². The minimum atomic E-state index is -0.169. The van der Waals surface area contributed by atoms with Crippen LogP contribution in [0.15, 0.2) is 24.3 Å². The van der Waals surface area contributed by atoms with E-state index in [2.05, 4.69) is 42.7 Å². The van der Waals surface area contributed by atoms with Gasteiger partial charge in [-0.25, -0.2) is 0 Å². The molecule has 0 radical (unpaired) electrons. The van der Waals surface area contributed by atoms with Crippen molar-refractivity contribution in [2.24, 2.45) is 0 Å². The molecule has 25 heavy (non-hydrogen) atoms. The molecule has 0 N–H and O–H groups in total. The second kappa shape index (κ2) is 8.07. The van der Waals surface area contributed by atoms with Gasteiger partial charge in [-0.15, -0.1) is 0 Å². The topological polar surface area (TPSA) is 24.9 Å². The van der Waals surface area contributed by atoms with Crippen molar-refractivity contribution in [2.45, 2.75) is 57.7 Å². The molecule has 2 aliphatic heterocycles. The summed E-state index contributed by atoms with van der Waals surface area (Å²) in [5.41, 5.74) is 1.02. The van der Waals surface area contributed by atoms with Crippen molar-refractivity contribution in [3.8, 4) is 5.75 Å². The summed E-state index contributed by atoms with van der Waals surface area (Å²) < 4.78 is 12.1. The molecule has 0 amide bonds. The van der Waals surface area contributed by atoms with Gasteiger partial charge in [0.2, 0.25) is 0 Å². The second-order valence-electron chi connectivity index (χ2n) is 8.02. The Morgan fingerprint density at radius 1 is 1.16 bits per heavy atom. The highest BCUT2D eigenvalue weighted by Crippen LogP contribution is 2.31. The second-order valence-corrected chi connectivity index (χ2v) is 8.02. The first-order valence-corrected chi connectivity index (χ1v) is 9.75. The molecular weight excluding hydrogens is 312 g/mol. The van der Waals surface area contributed by atoms with Crippen LogP contribution in [-0.4, -0.2) is 67.4 Å². The molecule has 0 aliphatic carbocycles. The van der Waals surface area contributed by atoms with Crippen molar-refractivity contribution < 1.29 is 9.47 Å². The van der Waals surface area contributed by atoms with Crippen molar-refractivity contribution >= 4 is 0 Å². The molecule has 2 fully saturated rings. The molecule has 1 aromatic rings. The Labute approximate surface area is 153 Å². The molecule has 2 heterocycles. The summed E-state index contributed by atoms with van der Waals surface area (Å²) in [5.74, 6) is 0.975. The first kappa shape index (κ1) is 18.7. The minimum Gasteiger partial charge on any atom is -0.490 e. The van der Waals surface area contributed by atoms with Gasteiger partial charge < -0.3 is 14.4 Å². The maximum Gasteiger partial charge on any atom is 0.122 e. The Hall–Kier alpha value is -1.10. The number of likely N-dealkylation sites (tertiary alicyclic amines) is 2. The maximum absolute atomic E-state index is 6.14. The molecule has 4 nitrogen and oxygen atoms in total. The minimum absolute atomic E-state index is 0.169. The van der Waals surface area contributed by atoms with Gasteiger partial charge in [0, 0.05) is 32.3 Å². The number of hydrogen-bond donors (Lipinski definition) is 0. The third kappa shape index (κ3) is 4.36. The summed E-state index contributed by atoms with van der Waals surface area (Å²) in [6, 6.07) is 9.59. The quantitative estimate of drug-likeness (QED) is 0.789. The SMILES string of the molecule is COC1(COc2ccccc2C)CCN(C2CCN(C(C)C)CC2)C1. The van der Waals surface area contributed by atoms with Gasteiger partial charge in [0.05, 0.1) is 0 Å². The summed E-state index contributed by atoms with van der Waals surface area (Å²) in [6.07, 6.45) is 3.60. The molecule has 2 saturated heterocycles. The number of aryl methyl sites for hydroxylation is 1. The lowest BCUT2D eigenvalue weighted by atomic mass is 10.0. The molecule has 2 aliphatic rings. The highest BCUT2D eigenvalue weighted by molar-refractivity contribution is 5.31. The fourth-order valence-electron chi connectivity index (χ4n) is 4.23. The van der Waals surface area contributed by atoms with Gasteiger partial charge >= 0.3 is 0 Å². The zero-order valence-electron chi connectivity index (χ0n) is 16.3. The molecule has 0 spiro atoms. The van der Waals surface area contributed by atoms with E-state index in [9.17, 15) is 0 Å². The smallest absolute Gasteiger partial charge is 0.122 e. The summed E-state index contributed by atoms with van der Waals surface area (Å²) in [5, 5.41) is 0. The number of rotatable bonds is 6. The van der Waals surface area contributed by atoms with E-state index in [-0.39, 0.29) is 5.60 Å². The van der Waals surface area contributed by atoms with E-state index in [1.54, 1.807) is 0 Å². The molecule has 3 rings (SSSR count). The molecule has 0 bridgehead atoms. The fraction of sp³-hybridized carbons (Fsp3) is 0.714. The van der Waals surface area contributed by atoms with Crippen molar-refractivity contribution in [3.05, 3.63) is 29.8 Å². The summed E-state index contributed by atoms with van der Waals surface area (Å²) in [7, 11) is 1.84. The van der Waals surface area contributed by atoms with Crippen LogP contribution in [0.5, 0.6) is 5.75 Å². The lowest BCUT2D eigenvalue weighted by Gasteiger charge is -2.39. The Morgan fingerprint density at radius 3 is 2.52 bits per heavy atom. The molecule has 1 atom stereocenters. The average molecular weight is 347 g/mol. The summed E-state index contributed by atoms with van der Waals surface area (Å²) in [6.45, 7) is 11.9. The van der Waals surface area contributed by atoms with Crippen LogP contribution >= 0.6 is 0 Å². The first-order valence-electron chi connectivity index (χ1n) is 9.75. The largest absolute Gasteiger partial charge is 0.490 e. The Morgan fingerprint density at radius 2 is 1.88 bits per heavy atom. The highest BCUT2D eigenvalue weighted by atomic mass is 16.5. The summed E-state index contributed by atoms with van der Waals surface area (Å²) >= 11 is 0. The van der Waals surface area contributed by atoms with Crippen LogP contribution in [0.1, 0.15) is 38.7 Å². The van der Waals surface area contributed by atoms with Crippen LogP contribution in [0.2, 0.25) is 0 Å². The fourth-order valence-corrected chi connectivity index (χ4v) is 4.23.